The molecule has 1 aromatic heterocycles. The van der Waals surface area contributed by atoms with Crippen molar-refractivity contribution in [3.8, 4) is 5.75 Å². The fraction of sp³-hybridized carbons (Fsp3) is 0.700. The molecule has 1 fully saturated rings. The Morgan fingerprint density at radius 2 is 2.11 bits per heavy atom. The van der Waals surface area contributed by atoms with Crippen LogP contribution < -0.4 is 15.4 Å². The summed E-state index contributed by atoms with van der Waals surface area (Å²) in [6.07, 6.45) is 6.01. The topological polar surface area (TPSA) is 71.0 Å². The molecule has 0 atom stereocenters. The summed E-state index contributed by atoms with van der Waals surface area (Å²) in [4.78, 5) is 11.1. The van der Waals surface area contributed by atoms with Crippen LogP contribution in [0.2, 0.25) is 0 Å². The van der Waals surface area contributed by atoms with Gasteiger partial charge in [0.2, 0.25) is 0 Å². The van der Waals surface area contributed by atoms with E-state index in [1.807, 2.05) is 12.1 Å². The number of aromatic nitrogens is 1. The summed E-state index contributed by atoms with van der Waals surface area (Å²) >= 11 is 0. The van der Waals surface area contributed by atoms with E-state index in [-0.39, 0.29) is 24.0 Å². The Labute approximate surface area is 186 Å². The molecule has 0 unspecified atom stereocenters. The molecule has 1 aromatic rings. The zero-order valence-electron chi connectivity index (χ0n) is 17.4. The minimum Gasteiger partial charge on any atom is -0.490 e. The molecule has 2 heterocycles. The number of piperidine rings is 1. The van der Waals surface area contributed by atoms with Crippen LogP contribution in [-0.2, 0) is 4.74 Å². The zero-order valence-corrected chi connectivity index (χ0v) is 19.7. The van der Waals surface area contributed by atoms with Crippen LogP contribution in [0, 0.1) is 0 Å². The number of aliphatic imine (C=N–C) groups is 1. The second-order valence-corrected chi connectivity index (χ2v) is 6.98. The predicted octanol–water partition coefficient (Wildman–Crippen LogP) is 2.52. The van der Waals surface area contributed by atoms with Gasteiger partial charge in [0, 0.05) is 38.4 Å². The molecule has 0 saturated carbocycles. The first-order chi connectivity index (χ1) is 13.2. The first kappa shape index (κ1) is 24.9. The van der Waals surface area contributed by atoms with Gasteiger partial charge in [-0.2, -0.15) is 0 Å². The van der Waals surface area contributed by atoms with E-state index < -0.39 is 0 Å². The third-order valence-electron chi connectivity index (χ3n) is 4.40. The first-order valence-corrected chi connectivity index (χ1v) is 10.1. The molecule has 0 spiro atoms. The van der Waals surface area contributed by atoms with Crippen molar-refractivity contribution in [1.29, 1.82) is 0 Å². The van der Waals surface area contributed by atoms with Crippen molar-refractivity contribution >= 4 is 29.9 Å². The van der Waals surface area contributed by atoms with Gasteiger partial charge in [-0.3, -0.25) is 4.98 Å². The Bertz CT molecular complexity index is 537. The fourth-order valence-electron chi connectivity index (χ4n) is 2.99. The summed E-state index contributed by atoms with van der Waals surface area (Å²) in [6, 6.07) is 4.23. The lowest BCUT2D eigenvalue weighted by Crippen LogP contribution is -2.49. The molecule has 1 aliphatic heterocycles. The van der Waals surface area contributed by atoms with Gasteiger partial charge in [0.15, 0.2) is 5.96 Å². The Morgan fingerprint density at radius 3 is 2.75 bits per heavy atom. The molecule has 1 saturated heterocycles. The molecule has 160 valence electrons. The number of hydrogen-bond donors (Lipinski definition) is 2. The van der Waals surface area contributed by atoms with Crippen LogP contribution in [0.4, 0.5) is 0 Å². The zero-order chi connectivity index (χ0) is 19.3. The van der Waals surface area contributed by atoms with Gasteiger partial charge in [0.25, 0.3) is 0 Å². The first-order valence-electron chi connectivity index (χ1n) is 10.1. The van der Waals surface area contributed by atoms with Crippen LogP contribution in [-0.4, -0.2) is 73.9 Å². The van der Waals surface area contributed by atoms with Crippen LogP contribution in [0.25, 0.3) is 0 Å². The van der Waals surface area contributed by atoms with Crippen LogP contribution in [0.1, 0.15) is 33.6 Å². The maximum Gasteiger partial charge on any atom is 0.191 e. The van der Waals surface area contributed by atoms with Crippen molar-refractivity contribution in [2.45, 2.75) is 45.8 Å². The third-order valence-corrected chi connectivity index (χ3v) is 4.40. The lowest BCUT2D eigenvalue weighted by molar-refractivity contribution is 0.0532. The number of hydrogen-bond acceptors (Lipinski definition) is 5. The van der Waals surface area contributed by atoms with Crippen LogP contribution in [0.3, 0.4) is 0 Å². The lowest BCUT2D eigenvalue weighted by Gasteiger charge is -2.33. The van der Waals surface area contributed by atoms with Gasteiger partial charge in [0.1, 0.15) is 12.4 Å². The van der Waals surface area contributed by atoms with Crippen LogP contribution in [0.15, 0.2) is 29.5 Å². The molecular weight excluding hydrogens is 469 g/mol. The number of pyridine rings is 1. The van der Waals surface area contributed by atoms with Crippen molar-refractivity contribution in [3.63, 3.8) is 0 Å². The van der Waals surface area contributed by atoms with E-state index in [1.54, 1.807) is 12.4 Å². The van der Waals surface area contributed by atoms with Gasteiger partial charge in [-0.15, -0.1) is 24.0 Å². The molecule has 0 aromatic carbocycles. The lowest BCUT2D eigenvalue weighted by atomic mass is 10.1. The Morgan fingerprint density at radius 1 is 1.32 bits per heavy atom. The molecule has 2 rings (SSSR count). The standard InChI is InChI=1S/C20H35N5O2.HI/c1-4-22-20(23-10-14-27-19-6-5-9-21-16-19)24-18-7-11-25(12-8-18)13-15-26-17(2)3;/h5-6,9,16-18H,4,7-8,10-15H2,1-3H3,(H2,22,23,24);1H. The van der Waals surface area contributed by atoms with Crippen LogP contribution >= 0.6 is 24.0 Å². The average Bonchev–Trinajstić information content (AvgIpc) is 2.67. The summed E-state index contributed by atoms with van der Waals surface area (Å²) in [5.74, 6) is 1.65. The summed E-state index contributed by atoms with van der Waals surface area (Å²) in [6.45, 7) is 12.3. The van der Waals surface area contributed by atoms with E-state index >= 15 is 0 Å². The minimum absolute atomic E-state index is 0. The molecule has 0 aliphatic carbocycles. The summed E-state index contributed by atoms with van der Waals surface area (Å²) in [7, 11) is 0. The van der Waals surface area contributed by atoms with Crippen molar-refractivity contribution in [1.82, 2.24) is 20.5 Å². The summed E-state index contributed by atoms with van der Waals surface area (Å²) in [5.41, 5.74) is 0. The van der Waals surface area contributed by atoms with Crippen molar-refractivity contribution in [2.75, 3.05) is 45.9 Å². The minimum atomic E-state index is 0. The van der Waals surface area contributed by atoms with Gasteiger partial charge in [-0.05, 0) is 45.7 Å². The highest BCUT2D eigenvalue weighted by molar-refractivity contribution is 14.0. The second kappa shape index (κ2) is 14.8. The number of guanidine groups is 1. The van der Waals surface area contributed by atoms with E-state index in [4.69, 9.17) is 9.47 Å². The van der Waals surface area contributed by atoms with Gasteiger partial charge in [-0.1, -0.05) is 0 Å². The van der Waals surface area contributed by atoms with Crippen molar-refractivity contribution in [3.05, 3.63) is 24.5 Å². The average molecular weight is 505 g/mol. The maximum atomic E-state index is 5.65. The molecule has 1 aliphatic rings. The molecule has 0 bridgehead atoms. The van der Waals surface area contributed by atoms with Gasteiger partial charge < -0.3 is 25.0 Å². The molecule has 8 heteroatoms. The predicted molar refractivity (Wildman–Crippen MR) is 125 cm³/mol. The maximum absolute atomic E-state index is 5.65. The van der Waals surface area contributed by atoms with E-state index in [0.717, 1.165) is 57.3 Å². The SMILES string of the molecule is CCNC(=NCCOc1cccnc1)NC1CCN(CCOC(C)C)CC1.I. The second-order valence-electron chi connectivity index (χ2n) is 6.98. The van der Waals surface area contributed by atoms with E-state index in [2.05, 4.69) is 46.3 Å². The monoisotopic (exact) mass is 505 g/mol. The Balaban J connectivity index is 0.00000392. The van der Waals surface area contributed by atoms with E-state index in [0.29, 0.717) is 25.3 Å². The van der Waals surface area contributed by atoms with E-state index in [1.165, 1.54) is 0 Å². The number of rotatable bonds is 10. The number of halogens is 1. The van der Waals surface area contributed by atoms with Gasteiger partial charge in [-0.25, -0.2) is 4.99 Å². The largest absolute Gasteiger partial charge is 0.490 e. The highest BCUT2D eigenvalue weighted by Gasteiger charge is 2.19. The number of likely N-dealkylation sites (tertiary alicyclic amines) is 1. The Kier molecular flexibility index (Phi) is 13.2. The molecule has 0 amide bonds. The van der Waals surface area contributed by atoms with Gasteiger partial charge in [0.05, 0.1) is 25.5 Å². The molecule has 7 nitrogen and oxygen atoms in total. The number of nitrogens with zero attached hydrogens (tertiary/aromatic N) is 3. The molecular formula is C20H36IN5O2. The third kappa shape index (κ3) is 10.4. The fourth-order valence-corrected chi connectivity index (χ4v) is 2.99. The smallest absolute Gasteiger partial charge is 0.191 e. The summed E-state index contributed by atoms with van der Waals surface area (Å²) < 4.78 is 11.3. The Hall–Kier alpha value is -1.13. The van der Waals surface area contributed by atoms with Crippen LogP contribution in [0.5, 0.6) is 5.75 Å². The van der Waals surface area contributed by atoms with Gasteiger partial charge >= 0.3 is 0 Å². The molecule has 28 heavy (non-hydrogen) atoms. The van der Waals surface area contributed by atoms with Crippen molar-refractivity contribution < 1.29 is 9.47 Å². The number of ether oxygens (including phenoxy) is 2. The quantitative estimate of drug-likeness (QED) is 0.221. The van der Waals surface area contributed by atoms with Crippen molar-refractivity contribution in [2.24, 2.45) is 4.99 Å². The highest BCUT2D eigenvalue weighted by Crippen LogP contribution is 2.10. The molecule has 0 radical (unpaired) electrons. The normalized spacial score (nSPS) is 15.9. The summed E-state index contributed by atoms with van der Waals surface area (Å²) in [5, 5.41) is 6.89. The highest BCUT2D eigenvalue weighted by atomic mass is 127. The van der Waals surface area contributed by atoms with E-state index in [9.17, 15) is 0 Å². The number of nitrogens with one attached hydrogen (secondary N) is 2. The molecule has 2 N–H and O–H groups in total.